The summed E-state index contributed by atoms with van der Waals surface area (Å²) in [5, 5.41) is 10.1. The second kappa shape index (κ2) is 9.70. The van der Waals surface area contributed by atoms with Gasteiger partial charge in [0.2, 0.25) is 5.91 Å². The number of hydrogen-bond acceptors (Lipinski definition) is 5. The minimum absolute atomic E-state index is 0.0110. The predicted octanol–water partition coefficient (Wildman–Crippen LogP) is 2.86. The van der Waals surface area contributed by atoms with Crippen LogP contribution < -0.4 is 4.72 Å². The van der Waals surface area contributed by atoms with Crippen molar-refractivity contribution < 1.29 is 22.3 Å². The number of halogens is 1. The van der Waals surface area contributed by atoms with Crippen LogP contribution in [-0.4, -0.2) is 49.9 Å². The Hall–Kier alpha value is -3.26. The summed E-state index contributed by atoms with van der Waals surface area (Å²) in [6, 6.07) is 13.5. The summed E-state index contributed by atoms with van der Waals surface area (Å²) >= 11 is 0. The lowest BCUT2D eigenvalue weighted by Gasteiger charge is -2.25. The molecule has 0 aliphatic carbocycles. The molecule has 33 heavy (non-hydrogen) atoms. The van der Waals surface area contributed by atoms with Crippen LogP contribution in [0.25, 0.3) is 22.2 Å². The summed E-state index contributed by atoms with van der Waals surface area (Å²) in [5.41, 5.74) is 3.77. The van der Waals surface area contributed by atoms with Gasteiger partial charge in [-0.15, -0.1) is 0 Å². The number of morpholine rings is 1. The lowest BCUT2D eigenvalue weighted by atomic mass is 9.99. The molecule has 0 atom stereocenters. The fourth-order valence-corrected chi connectivity index (χ4v) is 5.06. The highest BCUT2D eigenvalue weighted by Gasteiger charge is 2.26. The molecule has 2 N–H and O–H groups in total. The van der Waals surface area contributed by atoms with Gasteiger partial charge in [0.25, 0.3) is 0 Å². The van der Waals surface area contributed by atoms with Crippen molar-refractivity contribution in [3.05, 3.63) is 59.4 Å². The zero-order valence-electron chi connectivity index (χ0n) is 17.8. The molecule has 0 saturated carbocycles. The number of fused-ring (bicyclic) bond motifs is 1. The van der Waals surface area contributed by atoms with E-state index in [0.29, 0.717) is 31.6 Å². The molecule has 0 bridgehead atoms. The molecule has 2 aromatic carbocycles. The Balaban J connectivity index is 1.51. The number of benzene rings is 2. The van der Waals surface area contributed by atoms with E-state index in [1.807, 2.05) is 6.07 Å². The lowest BCUT2D eigenvalue weighted by Crippen LogP contribution is -2.48. The average molecular weight is 471 g/mol. The highest BCUT2D eigenvalue weighted by atomic mass is 32.2. The highest BCUT2D eigenvalue weighted by molar-refractivity contribution is 7.87. The van der Waals surface area contributed by atoms with E-state index in [4.69, 9.17) is 4.74 Å². The summed E-state index contributed by atoms with van der Waals surface area (Å²) < 4.78 is 46.6. The maximum absolute atomic E-state index is 13.4. The molecule has 1 amide bonds. The van der Waals surface area contributed by atoms with Gasteiger partial charge in [0, 0.05) is 36.1 Å². The number of carbonyl (C=O) groups is 1. The van der Waals surface area contributed by atoms with Crippen LogP contribution >= 0.6 is 0 Å². The maximum atomic E-state index is 13.4. The van der Waals surface area contributed by atoms with E-state index < -0.39 is 16.1 Å². The minimum Gasteiger partial charge on any atom is -0.379 e. The molecule has 0 unspecified atom stereocenters. The number of nitriles is 1. The molecule has 1 fully saturated rings. The summed E-state index contributed by atoms with van der Waals surface area (Å²) in [4.78, 5) is 15.7. The Morgan fingerprint density at radius 2 is 1.91 bits per heavy atom. The molecule has 2 heterocycles. The zero-order valence-corrected chi connectivity index (χ0v) is 18.6. The SMILES string of the molecule is N#Cc1ccc2[nH]c(-c3ccc(F)cc3)c(CCCC(=O)NS(=O)(=O)N3CCOCC3)c2c1. The van der Waals surface area contributed by atoms with E-state index in [-0.39, 0.29) is 25.3 Å². The van der Waals surface area contributed by atoms with Crippen molar-refractivity contribution in [3.63, 3.8) is 0 Å². The molecule has 1 aliphatic rings. The van der Waals surface area contributed by atoms with Crippen LogP contribution in [0.15, 0.2) is 42.5 Å². The fourth-order valence-electron chi connectivity index (χ4n) is 3.91. The third-order valence-electron chi connectivity index (χ3n) is 5.55. The highest BCUT2D eigenvalue weighted by Crippen LogP contribution is 2.32. The topological polar surface area (TPSA) is 115 Å². The van der Waals surface area contributed by atoms with Crippen LogP contribution in [0.4, 0.5) is 4.39 Å². The standard InChI is InChI=1S/C23H23FN4O4S/c24-18-7-5-17(6-8-18)23-19(20-14-16(15-25)4-9-21(20)26-23)2-1-3-22(29)27-33(30,31)28-10-12-32-13-11-28/h4-9,14,26H,1-3,10-13H2,(H,27,29). The Labute approximate surface area is 191 Å². The van der Waals surface area contributed by atoms with E-state index in [1.54, 1.807) is 24.3 Å². The van der Waals surface area contributed by atoms with Crippen LogP contribution in [0.1, 0.15) is 24.0 Å². The molecule has 4 rings (SSSR count). The Bertz CT molecular complexity index is 1310. The quantitative estimate of drug-likeness (QED) is 0.551. The van der Waals surface area contributed by atoms with Gasteiger partial charge in [-0.05, 0) is 66.4 Å². The molecule has 8 nitrogen and oxygen atoms in total. The first-order valence-electron chi connectivity index (χ1n) is 10.6. The molecule has 172 valence electrons. The Morgan fingerprint density at radius 1 is 1.18 bits per heavy atom. The summed E-state index contributed by atoms with van der Waals surface area (Å²) in [6.45, 7) is 1.01. The molecule has 0 spiro atoms. The predicted molar refractivity (Wildman–Crippen MR) is 121 cm³/mol. The van der Waals surface area contributed by atoms with Crippen molar-refractivity contribution in [1.82, 2.24) is 14.0 Å². The van der Waals surface area contributed by atoms with Gasteiger partial charge >= 0.3 is 10.2 Å². The summed E-state index contributed by atoms with van der Waals surface area (Å²) in [7, 11) is -3.89. The third kappa shape index (κ3) is 5.22. The first-order chi connectivity index (χ1) is 15.9. The smallest absolute Gasteiger partial charge is 0.303 e. The number of H-pyrrole nitrogens is 1. The number of ether oxygens (including phenoxy) is 1. The molecular formula is C23H23FN4O4S. The van der Waals surface area contributed by atoms with Gasteiger partial charge in [-0.3, -0.25) is 4.79 Å². The molecule has 3 aromatic rings. The number of aryl methyl sites for hydroxylation is 1. The van der Waals surface area contributed by atoms with Gasteiger partial charge in [-0.1, -0.05) is 0 Å². The Morgan fingerprint density at radius 3 is 2.61 bits per heavy atom. The van der Waals surface area contributed by atoms with Crippen LogP contribution in [0.3, 0.4) is 0 Å². The largest absolute Gasteiger partial charge is 0.379 e. The van der Waals surface area contributed by atoms with E-state index in [0.717, 1.165) is 27.7 Å². The van der Waals surface area contributed by atoms with Crippen LogP contribution in [-0.2, 0) is 26.2 Å². The number of aromatic amines is 1. The Kier molecular flexibility index (Phi) is 6.74. The van der Waals surface area contributed by atoms with Gasteiger partial charge in [0.15, 0.2) is 0 Å². The van der Waals surface area contributed by atoms with Crippen molar-refractivity contribution in [2.75, 3.05) is 26.3 Å². The third-order valence-corrected chi connectivity index (χ3v) is 7.08. The molecule has 1 aromatic heterocycles. The number of hydrogen-bond donors (Lipinski definition) is 2. The first-order valence-corrected chi connectivity index (χ1v) is 12.0. The minimum atomic E-state index is -3.89. The lowest BCUT2D eigenvalue weighted by molar-refractivity contribution is -0.119. The first kappa shape index (κ1) is 22.9. The second-order valence-corrected chi connectivity index (χ2v) is 9.42. The van der Waals surface area contributed by atoms with Crippen molar-refractivity contribution in [2.45, 2.75) is 19.3 Å². The van der Waals surface area contributed by atoms with Crippen LogP contribution in [0, 0.1) is 17.1 Å². The van der Waals surface area contributed by atoms with Crippen LogP contribution in [0.5, 0.6) is 0 Å². The maximum Gasteiger partial charge on any atom is 0.303 e. The summed E-state index contributed by atoms with van der Waals surface area (Å²) in [6.07, 6.45) is 0.867. The second-order valence-electron chi connectivity index (χ2n) is 7.75. The number of amides is 1. The summed E-state index contributed by atoms with van der Waals surface area (Å²) in [5.74, 6) is -0.927. The van der Waals surface area contributed by atoms with Gasteiger partial charge in [0.05, 0.1) is 24.8 Å². The van der Waals surface area contributed by atoms with Crippen molar-refractivity contribution in [2.24, 2.45) is 0 Å². The normalized spacial score (nSPS) is 14.8. The zero-order chi connectivity index (χ0) is 23.4. The van der Waals surface area contributed by atoms with Crippen molar-refractivity contribution in [1.29, 1.82) is 5.26 Å². The molecular weight excluding hydrogens is 447 g/mol. The number of nitrogens with one attached hydrogen (secondary N) is 2. The number of aromatic nitrogens is 1. The van der Waals surface area contributed by atoms with Gasteiger partial charge in [0.1, 0.15) is 5.82 Å². The van der Waals surface area contributed by atoms with E-state index in [1.165, 1.54) is 16.4 Å². The van der Waals surface area contributed by atoms with E-state index in [9.17, 15) is 22.9 Å². The average Bonchev–Trinajstić information content (AvgIpc) is 3.17. The van der Waals surface area contributed by atoms with Crippen molar-refractivity contribution in [3.8, 4) is 17.3 Å². The number of carbonyl (C=O) groups excluding carboxylic acids is 1. The van der Waals surface area contributed by atoms with E-state index >= 15 is 0 Å². The van der Waals surface area contributed by atoms with Crippen molar-refractivity contribution >= 4 is 27.0 Å². The van der Waals surface area contributed by atoms with Gasteiger partial charge in [-0.2, -0.15) is 18.0 Å². The van der Waals surface area contributed by atoms with E-state index in [2.05, 4.69) is 15.8 Å². The van der Waals surface area contributed by atoms with Gasteiger partial charge in [-0.25, -0.2) is 9.11 Å². The molecule has 1 aliphatic heterocycles. The number of nitrogens with zero attached hydrogens (tertiary/aromatic N) is 2. The molecule has 0 radical (unpaired) electrons. The number of rotatable bonds is 7. The fraction of sp³-hybridized carbons (Fsp3) is 0.304. The molecule has 1 saturated heterocycles. The molecule has 10 heteroatoms. The monoisotopic (exact) mass is 470 g/mol. The van der Waals surface area contributed by atoms with Gasteiger partial charge < -0.3 is 9.72 Å². The van der Waals surface area contributed by atoms with Crippen LogP contribution in [0.2, 0.25) is 0 Å².